The van der Waals surface area contributed by atoms with Gasteiger partial charge in [-0.1, -0.05) is 19.3 Å². The van der Waals surface area contributed by atoms with Crippen molar-refractivity contribution in [1.29, 1.82) is 0 Å². The fraction of sp³-hybridized carbons (Fsp3) is 0.524. The quantitative estimate of drug-likeness (QED) is 0.730. The molecular weight excluding hydrogens is 404 g/mol. The highest BCUT2D eigenvalue weighted by Gasteiger charge is 2.35. The van der Waals surface area contributed by atoms with Crippen LogP contribution in [0, 0.1) is 0 Å². The first-order valence-electron chi connectivity index (χ1n) is 10.5. The molecule has 1 aliphatic carbocycles. The Bertz CT molecular complexity index is 981. The SMILES string of the molecule is COc1ccc(S(=O)(=O)N2CCCCC2c2cc(C(=O)NC3CCCC3)n[nH]2)cc1. The number of hydrogen-bond donors (Lipinski definition) is 2. The van der Waals surface area contributed by atoms with Crippen LogP contribution in [0.1, 0.15) is 67.2 Å². The molecule has 30 heavy (non-hydrogen) atoms. The highest BCUT2D eigenvalue weighted by Crippen LogP contribution is 2.35. The van der Waals surface area contributed by atoms with Gasteiger partial charge >= 0.3 is 0 Å². The number of nitrogens with zero attached hydrogens (tertiary/aromatic N) is 2. The summed E-state index contributed by atoms with van der Waals surface area (Å²) in [4.78, 5) is 12.8. The number of carbonyl (C=O) groups excluding carboxylic acids is 1. The molecular formula is C21H28N4O4S. The number of nitrogens with one attached hydrogen (secondary N) is 2. The Morgan fingerprint density at radius 2 is 1.83 bits per heavy atom. The molecule has 0 bridgehead atoms. The Balaban J connectivity index is 1.54. The van der Waals surface area contributed by atoms with Gasteiger partial charge in [-0.2, -0.15) is 9.40 Å². The van der Waals surface area contributed by atoms with E-state index in [1.807, 2.05) is 0 Å². The monoisotopic (exact) mass is 432 g/mol. The Morgan fingerprint density at radius 3 is 2.53 bits per heavy atom. The summed E-state index contributed by atoms with van der Waals surface area (Å²) in [6.45, 7) is 0.432. The zero-order chi connectivity index (χ0) is 21.1. The average molecular weight is 433 g/mol. The fourth-order valence-electron chi connectivity index (χ4n) is 4.34. The van der Waals surface area contributed by atoms with Gasteiger partial charge in [-0.25, -0.2) is 8.42 Å². The smallest absolute Gasteiger partial charge is 0.271 e. The van der Waals surface area contributed by atoms with Crippen LogP contribution in [0.3, 0.4) is 0 Å². The summed E-state index contributed by atoms with van der Waals surface area (Å²) < 4.78 is 33.3. The maximum Gasteiger partial charge on any atom is 0.271 e. The number of methoxy groups -OCH3 is 1. The third-order valence-electron chi connectivity index (χ3n) is 6.00. The van der Waals surface area contributed by atoms with Crippen LogP contribution in [0.15, 0.2) is 35.2 Å². The van der Waals surface area contributed by atoms with Gasteiger partial charge in [-0.3, -0.25) is 9.89 Å². The van der Waals surface area contributed by atoms with Gasteiger partial charge in [0.1, 0.15) is 11.4 Å². The van der Waals surface area contributed by atoms with Crippen molar-refractivity contribution in [2.24, 2.45) is 0 Å². The first kappa shape index (κ1) is 20.9. The predicted molar refractivity (Wildman–Crippen MR) is 112 cm³/mol. The van der Waals surface area contributed by atoms with Crippen LogP contribution >= 0.6 is 0 Å². The summed E-state index contributed by atoms with van der Waals surface area (Å²) in [6, 6.07) is 7.95. The molecule has 1 atom stereocenters. The number of amides is 1. The highest BCUT2D eigenvalue weighted by atomic mass is 32.2. The molecule has 0 radical (unpaired) electrons. The summed E-state index contributed by atoms with van der Waals surface area (Å²) >= 11 is 0. The molecule has 8 nitrogen and oxygen atoms in total. The van der Waals surface area contributed by atoms with Gasteiger partial charge in [0.25, 0.3) is 5.91 Å². The maximum absolute atomic E-state index is 13.3. The van der Waals surface area contributed by atoms with E-state index in [1.165, 1.54) is 4.31 Å². The molecule has 1 saturated carbocycles. The number of aromatic amines is 1. The Hall–Kier alpha value is -2.39. The number of aromatic nitrogens is 2. The summed E-state index contributed by atoms with van der Waals surface area (Å²) in [7, 11) is -2.14. The molecule has 1 unspecified atom stereocenters. The van der Waals surface area contributed by atoms with Crippen LogP contribution < -0.4 is 10.1 Å². The lowest BCUT2D eigenvalue weighted by molar-refractivity contribution is 0.0932. The molecule has 1 aromatic heterocycles. The van der Waals surface area contributed by atoms with E-state index in [2.05, 4.69) is 15.5 Å². The number of hydrogen-bond acceptors (Lipinski definition) is 5. The van der Waals surface area contributed by atoms with Crippen LogP contribution in [0.25, 0.3) is 0 Å². The normalized spacial score (nSPS) is 20.9. The van der Waals surface area contributed by atoms with Gasteiger partial charge < -0.3 is 10.1 Å². The lowest BCUT2D eigenvalue weighted by atomic mass is 10.0. The van der Waals surface area contributed by atoms with E-state index < -0.39 is 10.0 Å². The van der Waals surface area contributed by atoms with Gasteiger partial charge in [0.15, 0.2) is 0 Å². The molecule has 2 fully saturated rings. The first-order valence-corrected chi connectivity index (χ1v) is 11.9. The molecule has 4 rings (SSSR count). The molecule has 2 heterocycles. The van der Waals surface area contributed by atoms with Crippen molar-refractivity contribution in [3.63, 3.8) is 0 Å². The number of H-pyrrole nitrogens is 1. The maximum atomic E-state index is 13.3. The second-order valence-corrected chi connectivity index (χ2v) is 9.86. The van der Waals surface area contributed by atoms with Gasteiger partial charge in [-0.05, 0) is 56.0 Å². The number of carbonyl (C=O) groups is 1. The topological polar surface area (TPSA) is 104 Å². The van der Waals surface area contributed by atoms with Crippen LogP contribution in [-0.4, -0.2) is 48.5 Å². The molecule has 1 saturated heterocycles. The average Bonchev–Trinajstić information content (AvgIpc) is 3.46. The zero-order valence-corrected chi connectivity index (χ0v) is 18.0. The van der Waals surface area contributed by atoms with Gasteiger partial charge in [0.2, 0.25) is 10.0 Å². The molecule has 1 aliphatic heterocycles. The molecule has 9 heteroatoms. The van der Waals surface area contributed by atoms with Crippen molar-refractivity contribution >= 4 is 15.9 Å². The molecule has 0 spiro atoms. The van der Waals surface area contributed by atoms with E-state index in [0.717, 1.165) is 38.5 Å². The van der Waals surface area contributed by atoms with Crippen molar-refractivity contribution in [1.82, 2.24) is 19.8 Å². The van der Waals surface area contributed by atoms with Gasteiger partial charge in [-0.15, -0.1) is 0 Å². The van der Waals surface area contributed by atoms with Crippen molar-refractivity contribution in [2.45, 2.75) is 61.9 Å². The van der Waals surface area contributed by atoms with Crippen LogP contribution in [0.5, 0.6) is 5.75 Å². The molecule has 1 aromatic carbocycles. The molecule has 162 valence electrons. The second-order valence-electron chi connectivity index (χ2n) is 7.97. The number of rotatable bonds is 6. The zero-order valence-electron chi connectivity index (χ0n) is 17.1. The number of sulfonamides is 1. The van der Waals surface area contributed by atoms with Crippen molar-refractivity contribution in [2.75, 3.05) is 13.7 Å². The Morgan fingerprint density at radius 1 is 1.13 bits per heavy atom. The largest absolute Gasteiger partial charge is 0.497 e. The van der Waals surface area contributed by atoms with Crippen molar-refractivity contribution in [3.8, 4) is 5.75 Å². The molecule has 1 amide bonds. The van der Waals surface area contributed by atoms with Crippen LogP contribution in [0.2, 0.25) is 0 Å². The van der Waals surface area contributed by atoms with E-state index in [1.54, 1.807) is 37.4 Å². The second kappa shape index (κ2) is 8.77. The number of piperidine rings is 1. The standard InChI is InChI=1S/C21H28N4O4S/c1-29-16-9-11-17(12-10-16)30(27,28)25-13-5-4-8-20(25)18-14-19(24-23-18)21(26)22-15-6-2-3-7-15/h9-12,14-15,20H,2-8,13H2,1H3,(H,22,26)(H,23,24). The first-order chi connectivity index (χ1) is 14.5. The fourth-order valence-corrected chi connectivity index (χ4v) is 6.01. The van der Waals surface area contributed by atoms with E-state index in [4.69, 9.17) is 4.74 Å². The summed E-state index contributed by atoms with van der Waals surface area (Å²) in [5.74, 6) is 0.403. The molecule has 2 N–H and O–H groups in total. The predicted octanol–water partition coefficient (Wildman–Crippen LogP) is 3.01. The number of ether oxygens (including phenoxy) is 1. The Kier molecular flexibility index (Phi) is 6.10. The van der Waals surface area contributed by atoms with E-state index in [0.29, 0.717) is 30.1 Å². The third kappa shape index (κ3) is 4.22. The third-order valence-corrected chi connectivity index (χ3v) is 7.92. The van der Waals surface area contributed by atoms with E-state index in [-0.39, 0.29) is 22.9 Å². The Labute approximate surface area is 177 Å². The molecule has 2 aliphatic rings. The van der Waals surface area contributed by atoms with E-state index in [9.17, 15) is 13.2 Å². The van der Waals surface area contributed by atoms with E-state index >= 15 is 0 Å². The van der Waals surface area contributed by atoms with Crippen LogP contribution in [0.4, 0.5) is 0 Å². The summed E-state index contributed by atoms with van der Waals surface area (Å²) in [5.41, 5.74) is 0.965. The minimum Gasteiger partial charge on any atom is -0.497 e. The minimum atomic E-state index is -3.68. The summed E-state index contributed by atoms with van der Waals surface area (Å²) in [6.07, 6.45) is 6.67. The lowest BCUT2D eigenvalue weighted by Crippen LogP contribution is -2.38. The summed E-state index contributed by atoms with van der Waals surface area (Å²) in [5, 5.41) is 10.1. The van der Waals surface area contributed by atoms with Gasteiger partial charge in [0, 0.05) is 12.6 Å². The van der Waals surface area contributed by atoms with Crippen molar-refractivity contribution in [3.05, 3.63) is 41.7 Å². The van der Waals surface area contributed by atoms with Gasteiger partial charge in [0.05, 0.1) is 23.7 Å². The molecule has 2 aromatic rings. The highest BCUT2D eigenvalue weighted by molar-refractivity contribution is 7.89. The lowest BCUT2D eigenvalue weighted by Gasteiger charge is -2.34. The van der Waals surface area contributed by atoms with Crippen molar-refractivity contribution < 1.29 is 17.9 Å². The minimum absolute atomic E-state index is 0.204. The van der Waals surface area contributed by atoms with Crippen LogP contribution in [-0.2, 0) is 10.0 Å². The number of benzene rings is 1.